The lowest BCUT2D eigenvalue weighted by Gasteiger charge is -1.69. The van der Waals surface area contributed by atoms with E-state index in [4.69, 9.17) is 0 Å². The van der Waals surface area contributed by atoms with E-state index in [2.05, 4.69) is 5.10 Å². The molecule has 0 fully saturated rings. The van der Waals surface area contributed by atoms with E-state index in [0.29, 0.717) is 0 Å². The summed E-state index contributed by atoms with van der Waals surface area (Å²) in [5.74, 6) is 0. The van der Waals surface area contributed by atoms with Crippen LogP contribution >= 0.6 is 0 Å². The van der Waals surface area contributed by atoms with Gasteiger partial charge in [0.05, 0.1) is 12.4 Å². The molecule has 1 heterocycles. The zero-order valence-corrected chi connectivity index (χ0v) is 3.00. The standard InChI is InChI=1S/C3H3FN2/c4-6-3-1-2-5-6/h1-3H. The Bertz CT molecular complexity index is 112. The molecule has 0 aromatic carbocycles. The van der Waals surface area contributed by atoms with E-state index in [9.17, 15) is 4.48 Å². The lowest BCUT2D eigenvalue weighted by Crippen LogP contribution is -1.75. The summed E-state index contributed by atoms with van der Waals surface area (Å²) in [5, 5.41) is 3.17. The SMILES string of the molecule is Fn1cccn1. The topological polar surface area (TPSA) is 17.8 Å². The third-order valence-electron chi connectivity index (χ3n) is 0.472. The smallest absolute Gasteiger partial charge is 0.0608 e. The average Bonchev–Trinajstić information content (AvgIpc) is 1.86. The Morgan fingerprint density at radius 2 is 2.50 bits per heavy atom. The minimum Gasteiger partial charge on any atom is -0.151 e. The van der Waals surface area contributed by atoms with Crippen molar-refractivity contribution in [3.05, 3.63) is 18.5 Å². The molecule has 1 aromatic heterocycles. The van der Waals surface area contributed by atoms with Crippen LogP contribution in [0.4, 0.5) is 4.48 Å². The van der Waals surface area contributed by atoms with Gasteiger partial charge in [-0.1, -0.05) is 4.48 Å². The first-order chi connectivity index (χ1) is 2.89. The van der Waals surface area contributed by atoms with Gasteiger partial charge in [-0.25, -0.2) is 0 Å². The molecule has 3 heteroatoms. The van der Waals surface area contributed by atoms with E-state index in [1.807, 2.05) is 0 Å². The summed E-state index contributed by atoms with van der Waals surface area (Å²) in [6, 6.07) is 1.51. The molecule has 0 aliphatic carbocycles. The lowest BCUT2D eigenvalue weighted by molar-refractivity contribution is 0.316. The summed E-state index contributed by atoms with van der Waals surface area (Å²) in [6.07, 6.45) is 2.60. The maximum Gasteiger partial charge on any atom is 0.0608 e. The third-order valence-corrected chi connectivity index (χ3v) is 0.472. The second-order valence-electron chi connectivity index (χ2n) is 0.895. The summed E-state index contributed by atoms with van der Waals surface area (Å²) in [6.45, 7) is 0. The van der Waals surface area contributed by atoms with Gasteiger partial charge in [-0.2, -0.15) is 5.10 Å². The van der Waals surface area contributed by atoms with Gasteiger partial charge in [0.2, 0.25) is 0 Å². The molecule has 2 nitrogen and oxygen atoms in total. The highest BCUT2D eigenvalue weighted by atomic mass is 19.2. The second-order valence-corrected chi connectivity index (χ2v) is 0.895. The molecule has 0 aliphatic heterocycles. The van der Waals surface area contributed by atoms with Gasteiger partial charge in [0.1, 0.15) is 0 Å². The molecular formula is C3H3FN2. The quantitative estimate of drug-likeness (QED) is 0.452. The Morgan fingerprint density at radius 1 is 1.67 bits per heavy atom. The minimum absolute atomic E-state index is 0.250. The summed E-state index contributed by atoms with van der Waals surface area (Å²) in [4.78, 5) is 0.250. The molecule has 0 aliphatic rings. The highest BCUT2D eigenvalue weighted by molar-refractivity contribution is 4.74. The van der Waals surface area contributed by atoms with Crippen LogP contribution in [0.15, 0.2) is 18.5 Å². The molecule has 0 saturated heterocycles. The van der Waals surface area contributed by atoms with Crippen LogP contribution in [0.3, 0.4) is 0 Å². The molecule has 1 rings (SSSR count). The highest BCUT2D eigenvalue weighted by Crippen LogP contribution is 1.78. The van der Waals surface area contributed by atoms with Crippen LogP contribution in [-0.2, 0) is 0 Å². The summed E-state index contributed by atoms with van der Waals surface area (Å²) in [7, 11) is 0. The van der Waals surface area contributed by atoms with Gasteiger partial charge in [-0.3, -0.25) is 0 Å². The van der Waals surface area contributed by atoms with E-state index in [0.717, 1.165) is 0 Å². The molecule has 0 spiro atoms. The molecule has 0 unspecified atom stereocenters. The van der Waals surface area contributed by atoms with Crippen molar-refractivity contribution in [1.82, 2.24) is 10.0 Å². The largest absolute Gasteiger partial charge is 0.151 e. The molecule has 0 radical (unpaired) electrons. The van der Waals surface area contributed by atoms with Crippen molar-refractivity contribution in [3.8, 4) is 0 Å². The Kier molecular flexibility index (Phi) is 0.602. The summed E-state index contributed by atoms with van der Waals surface area (Å²) >= 11 is 0. The molecule has 1 aromatic rings. The summed E-state index contributed by atoms with van der Waals surface area (Å²) < 4.78 is 11.5. The van der Waals surface area contributed by atoms with Crippen LogP contribution < -0.4 is 0 Å². The number of aromatic nitrogens is 2. The predicted molar refractivity (Wildman–Crippen MR) is 18.7 cm³/mol. The monoisotopic (exact) mass is 86.0 g/mol. The van der Waals surface area contributed by atoms with Crippen molar-refractivity contribution >= 4 is 0 Å². The van der Waals surface area contributed by atoms with Crippen LogP contribution in [0.25, 0.3) is 0 Å². The van der Waals surface area contributed by atoms with Crippen molar-refractivity contribution in [2.24, 2.45) is 0 Å². The molecule has 0 atom stereocenters. The van der Waals surface area contributed by atoms with Crippen LogP contribution in [0, 0.1) is 0 Å². The molecule has 0 saturated carbocycles. The first kappa shape index (κ1) is 3.33. The maximum absolute atomic E-state index is 11.5. The fourth-order valence-corrected chi connectivity index (χ4v) is 0.250. The number of halogens is 1. The van der Waals surface area contributed by atoms with E-state index in [1.165, 1.54) is 18.5 Å². The van der Waals surface area contributed by atoms with Crippen LogP contribution in [-0.4, -0.2) is 10.0 Å². The summed E-state index contributed by atoms with van der Waals surface area (Å²) in [5.41, 5.74) is 0. The Morgan fingerprint density at radius 3 is 2.67 bits per heavy atom. The van der Waals surface area contributed by atoms with Crippen molar-refractivity contribution in [2.45, 2.75) is 0 Å². The van der Waals surface area contributed by atoms with Gasteiger partial charge < -0.3 is 0 Å². The molecule has 6 heavy (non-hydrogen) atoms. The Balaban J connectivity index is 3.05. The van der Waals surface area contributed by atoms with Crippen molar-refractivity contribution in [1.29, 1.82) is 0 Å². The third kappa shape index (κ3) is 0.381. The Labute approximate surface area is 34.1 Å². The van der Waals surface area contributed by atoms with Crippen LogP contribution in [0.2, 0.25) is 0 Å². The number of hydrogen-bond donors (Lipinski definition) is 0. The second kappa shape index (κ2) is 1.08. The van der Waals surface area contributed by atoms with Crippen molar-refractivity contribution in [2.75, 3.05) is 0 Å². The van der Waals surface area contributed by atoms with Crippen molar-refractivity contribution in [3.63, 3.8) is 0 Å². The molecule has 0 N–H and O–H groups in total. The van der Waals surface area contributed by atoms with Gasteiger partial charge in [-0.15, -0.1) is 4.90 Å². The van der Waals surface area contributed by atoms with Crippen LogP contribution in [0.1, 0.15) is 0 Å². The van der Waals surface area contributed by atoms with E-state index >= 15 is 0 Å². The predicted octanol–water partition coefficient (Wildman–Crippen LogP) is 0.616. The zero-order chi connectivity index (χ0) is 4.41. The highest BCUT2D eigenvalue weighted by Gasteiger charge is 1.74. The molecule has 0 bridgehead atoms. The first-order valence-electron chi connectivity index (χ1n) is 1.55. The minimum atomic E-state index is 0.250. The molecule has 0 amide bonds. The number of nitrogens with zero attached hydrogens (tertiary/aromatic N) is 2. The molecule has 32 valence electrons. The molecular weight excluding hydrogens is 83.0 g/mol. The van der Waals surface area contributed by atoms with Crippen LogP contribution in [0.5, 0.6) is 0 Å². The van der Waals surface area contributed by atoms with E-state index in [1.54, 1.807) is 0 Å². The average molecular weight is 86.1 g/mol. The van der Waals surface area contributed by atoms with Gasteiger partial charge in [0.15, 0.2) is 0 Å². The number of rotatable bonds is 0. The van der Waals surface area contributed by atoms with E-state index in [-0.39, 0.29) is 4.90 Å². The van der Waals surface area contributed by atoms with E-state index < -0.39 is 0 Å². The Hall–Kier alpha value is -0.860. The van der Waals surface area contributed by atoms with Gasteiger partial charge in [-0.05, 0) is 6.07 Å². The fraction of sp³-hybridized carbons (Fsp3) is 0. The lowest BCUT2D eigenvalue weighted by atomic mass is 10.8. The fourth-order valence-electron chi connectivity index (χ4n) is 0.250. The maximum atomic E-state index is 11.5. The first-order valence-corrected chi connectivity index (χ1v) is 1.55. The van der Waals surface area contributed by atoms with Gasteiger partial charge in [0, 0.05) is 0 Å². The zero-order valence-electron chi connectivity index (χ0n) is 3.00. The van der Waals surface area contributed by atoms with Gasteiger partial charge in [0.25, 0.3) is 0 Å². The van der Waals surface area contributed by atoms with Crippen molar-refractivity contribution < 1.29 is 4.48 Å². The number of hydrogen-bond acceptors (Lipinski definition) is 1. The normalized spacial score (nSPS) is 8.83. The van der Waals surface area contributed by atoms with Gasteiger partial charge >= 0.3 is 0 Å².